The molecule has 1 fully saturated rings. The lowest BCUT2D eigenvalue weighted by Gasteiger charge is -2.43. The number of benzene rings is 1. The van der Waals surface area contributed by atoms with Crippen molar-refractivity contribution in [3.63, 3.8) is 0 Å². The highest BCUT2D eigenvalue weighted by atomic mass is 16.4. The molecule has 23 heavy (non-hydrogen) atoms. The highest BCUT2D eigenvalue weighted by Crippen LogP contribution is 2.26. The number of carbonyl (C=O) groups excluding carboxylic acids is 2. The van der Waals surface area contributed by atoms with Gasteiger partial charge in [-0.25, -0.2) is 0 Å². The maximum atomic E-state index is 12.1. The zero-order valence-electron chi connectivity index (χ0n) is 11.9. The van der Waals surface area contributed by atoms with E-state index >= 15 is 0 Å². The molecule has 1 aliphatic heterocycles. The van der Waals surface area contributed by atoms with E-state index in [1.807, 2.05) is 0 Å². The number of likely N-dealkylation sites (tertiary alicyclic amines) is 1. The summed E-state index contributed by atoms with van der Waals surface area (Å²) in [6, 6.07) is 4.40. The Bertz CT molecular complexity index is 656. The third-order valence-corrected chi connectivity index (χ3v) is 3.33. The maximum Gasteiger partial charge on any atom is 0.323 e. The first kappa shape index (κ1) is 16.3. The smallest absolute Gasteiger partial charge is 0.323 e. The number of nitrogens with zero attached hydrogens (tertiary/aromatic N) is 2. The summed E-state index contributed by atoms with van der Waals surface area (Å²) in [4.78, 5) is 47.6. The second kappa shape index (κ2) is 6.34. The van der Waals surface area contributed by atoms with Gasteiger partial charge in [0.25, 0.3) is 0 Å². The Morgan fingerprint density at radius 3 is 2.22 bits per heavy atom. The van der Waals surface area contributed by atoms with Crippen LogP contribution in [0.5, 0.6) is 5.75 Å². The average molecular weight is 322 g/mol. The van der Waals surface area contributed by atoms with E-state index in [9.17, 15) is 24.3 Å². The van der Waals surface area contributed by atoms with Crippen molar-refractivity contribution in [3.05, 3.63) is 24.3 Å². The van der Waals surface area contributed by atoms with Crippen molar-refractivity contribution in [3.8, 4) is 5.75 Å². The zero-order chi connectivity index (χ0) is 17.1. The molecule has 0 saturated carbocycles. The number of phenols is 1. The summed E-state index contributed by atoms with van der Waals surface area (Å²) < 4.78 is 0. The van der Waals surface area contributed by atoms with Gasteiger partial charge >= 0.3 is 11.9 Å². The molecular weight excluding hydrogens is 308 g/mol. The molecule has 1 aliphatic rings. The number of aromatic hydroxyl groups is 1. The largest absolute Gasteiger partial charge is 0.508 e. The van der Waals surface area contributed by atoms with Gasteiger partial charge in [0, 0.05) is 5.69 Å². The SMILES string of the molecule is O=C(O)CC(=O)N(c1ccc(O)cc1)C1CN(CC(=O)O)C1=O. The van der Waals surface area contributed by atoms with Crippen molar-refractivity contribution in [1.29, 1.82) is 0 Å². The van der Waals surface area contributed by atoms with Crippen LogP contribution < -0.4 is 4.90 Å². The summed E-state index contributed by atoms with van der Waals surface area (Å²) >= 11 is 0. The standard InChI is InChI=1S/C14H14N2O7/c17-9-3-1-8(2-4-9)16(11(18)5-12(19)20)10-6-15(14(10)23)7-13(21)22/h1-4,10,17H,5-7H2,(H,19,20)(H,21,22). The van der Waals surface area contributed by atoms with E-state index in [4.69, 9.17) is 10.2 Å². The third kappa shape index (κ3) is 3.57. The average Bonchev–Trinajstić information content (AvgIpc) is 2.46. The first-order chi connectivity index (χ1) is 10.8. The summed E-state index contributed by atoms with van der Waals surface area (Å²) in [6.45, 7) is -0.483. The third-order valence-electron chi connectivity index (χ3n) is 3.33. The van der Waals surface area contributed by atoms with Crippen LogP contribution in [0, 0.1) is 0 Å². The Labute approximate surface area is 130 Å². The predicted molar refractivity (Wildman–Crippen MR) is 75.8 cm³/mol. The van der Waals surface area contributed by atoms with Crippen molar-refractivity contribution in [2.75, 3.05) is 18.0 Å². The van der Waals surface area contributed by atoms with Gasteiger partial charge in [0.1, 0.15) is 24.8 Å². The number of β-lactam (4-membered cyclic amide) rings is 1. The second-order valence-electron chi connectivity index (χ2n) is 4.98. The first-order valence-electron chi connectivity index (χ1n) is 6.63. The molecular formula is C14H14N2O7. The van der Waals surface area contributed by atoms with Gasteiger partial charge in [0.15, 0.2) is 0 Å². The molecule has 0 radical (unpaired) electrons. The van der Waals surface area contributed by atoms with Crippen LogP contribution in [0.1, 0.15) is 6.42 Å². The van der Waals surface area contributed by atoms with Crippen LogP contribution in [0.3, 0.4) is 0 Å². The highest BCUT2D eigenvalue weighted by Gasteiger charge is 2.44. The number of aliphatic carboxylic acids is 2. The summed E-state index contributed by atoms with van der Waals surface area (Å²) in [5, 5.41) is 26.7. The summed E-state index contributed by atoms with van der Waals surface area (Å²) in [6.07, 6.45) is -0.802. The number of hydrogen-bond donors (Lipinski definition) is 3. The molecule has 9 nitrogen and oxygen atoms in total. The molecule has 2 rings (SSSR count). The monoisotopic (exact) mass is 322 g/mol. The Hall–Kier alpha value is -3.10. The quantitative estimate of drug-likeness (QED) is 0.474. The molecule has 1 aromatic carbocycles. The minimum absolute atomic E-state index is 0.00261. The lowest BCUT2D eigenvalue weighted by atomic mass is 10.0. The van der Waals surface area contributed by atoms with E-state index in [1.165, 1.54) is 24.3 Å². The van der Waals surface area contributed by atoms with Gasteiger partial charge in [-0.3, -0.25) is 24.1 Å². The molecule has 0 aliphatic carbocycles. The highest BCUT2D eigenvalue weighted by molar-refractivity contribution is 6.08. The van der Waals surface area contributed by atoms with E-state index in [1.54, 1.807) is 0 Å². The predicted octanol–water partition coefficient (Wildman–Crippen LogP) is -0.505. The van der Waals surface area contributed by atoms with Gasteiger partial charge in [0.05, 0.1) is 6.54 Å². The number of carboxylic acids is 2. The minimum Gasteiger partial charge on any atom is -0.508 e. The van der Waals surface area contributed by atoms with E-state index in [-0.39, 0.29) is 18.0 Å². The van der Waals surface area contributed by atoms with Crippen LogP contribution in [0.15, 0.2) is 24.3 Å². The van der Waals surface area contributed by atoms with Crippen molar-refractivity contribution >= 4 is 29.4 Å². The molecule has 1 aromatic rings. The molecule has 3 N–H and O–H groups in total. The lowest BCUT2D eigenvalue weighted by Crippen LogP contribution is -2.66. The van der Waals surface area contributed by atoms with Gasteiger partial charge < -0.3 is 20.2 Å². The van der Waals surface area contributed by atoms with Gasteiger partial charge in [-0.15, -0.1) is 0 Å². The van der Waals surface area contributed by atoms with Crippen LogP contribution in [0.4, 0.5) is 5.69 Å². The normalized spacial score (nSPS) is 16.6. The summed E-state index contributed by atoms with van der Waals surface area (Å²) in [5.41, 5.74) is 0.252. The van der Waals surface area contributed by atoms with E-state index < -0.39 is 42.8 Å². The summed E-state index contributed by atoms with van der Waals surface area (Å²) in [5.74, 6) is -3.93. The first-order valence-corrected chi connectivity index (χ1v) is 6.63. The fourth-order valence-corrected chi connectivity index (χ4v) is 2.30. The van der Waals surface area contributed by atoms with Gasteiger partial charge in [-0.1, -0.05) is 0 Å². The summed E-state index contributed by atoms with van der Waals surface area (Å²) in [7, 11) is 0. The zero-order valence-corrected chi connectivity index (χ0v) is 11.9. The van der Waals surface area contributed by atoms with Gasteiger partial charge in [-0.2, -0.15) is 0 Å². The minimum atomic E-state index is -1.34. The van der Waals surface area contributed by atoms with Crippen LogP contribution in [-0.4, -0.2) is 63.1 Å². The van der Waals surface area contributed by atoms with E-state index in [2.05, 4.69) is 0 Å². The molecule has 1 unspecified atom stereocenters. The van der Waals surface area contributed by atoms with Crippen LogP contribution in [0.25, 0.3) is 0 Å². The van der Waals surface area contributed by atoms with Crippen molar-refractivity contribution < 1.29 is 34.5 Å². The number of hydrogen-bond acceptors (Lipinski definition) is 5. The molecule has 9 heteroatoms. The number of rotatable bonds is 6. The fraction of sp³-hybridized carbons (Fsp3) is 0.286. The molecule has 1 heterocycles. The van der Waals surface area contributed by atoms with Gasteiger partial charge in [-0.05, 0) is 24.3 Å². The van der Waals surface area contributed by atoms with Crippen LogP contribution >= 0.6 is 0 Å². The van der Waals surface area contributed by atoms with Crippen LogP contribution in [0.2, 0.25) is 0 Å². The Morgan fingerprint density at radius 2 is 1.74 bits per heavy atom. The molecule has 0 bridgehead atoms. The number of carbonyl (C=O) groups is 4. The molecule has 2 amide bonds. The number of carboxylic acid groups (broad SMARTS) is 2. The Kier molecular flexibility index (Phi) is 4.49. The second-order valence-corrected chi connectivity index (χ2v) is 4.98. The fourth-order valence-electron chi connectivity index (χ4n) is 2.30. The Balaban J connectivity index is 2.23. The van der Waals surface area contributed by atoms with E-state index in [0.29, 0.717) is 0 Å². The number of amides is 2. The lowest BCUT2D eigenvalue weighted by molar-refractivity contribution is -0.152. The maximum absolute atomic E-state index is 12.1. The van der Waals surface area contributed by atoms with Gasteiger partial charge in [0.2, 0.25) is 11.8 Å². The molecule has 0 spiro atoms. The van der Waals surface area contributed by atoms with E-state index in [0.717, 1.165) is 9.80 Å². The van der Waals surface area contributed by atoms with Crippen molar-refractivity contribution in [2.24, 2.45) is 0 Å². The van der Waals surface area contributed by atoms with Crippen molar-refractivity contribution in [2.45, 2.75) is 12.5 Å². The Morgan fingerprint density at radius 1 is 1.13 bits per heavy atom. The number of phenolic OH excluding ortho intramolecular Hbond substituents is 1. The molecule has 1 saturated heterocycles. The topological polar surface area (TPSA) is 135 Å². The molecule has 122 valence electrons. The van der Waals surface area contributed by atoms with Crippen LogP contribution in [-0.2, 0) is 19.2 Å². The molecule has 1 atom stereocenters. The van der Waals surface area contributed by atoms with Crippen molar-refractivity contribution in [1.82, 2.24) is 4.90 Å². The molecule has 0 aromatic heterocycles. The number of anilines is 1.